The van der Waals surface area contributed by atoms with Gasteiger partial charge in [-0.25, -0.2) is 8.42 Å². The van der Waals surface area contributed by atoms with Gasteiger partial charge in [-0.05, 0) is 37.3 Å². The molecule has 2 aromatic carbocycles. The molecule has 0 spiro atoms. The van der Waals surface area contributed by atoms with Crippen molar-refractivity contribution in [2.75, 3.05) is 29.5 Å². The highest BCUT2D eigenvalue weighted by atomic mass is 32.2. The van der Waals surface area contributed by atoms with Gasteiger partial charge in [0.1, 0.15) is 0 Å². The number of carbonyl (C=O) groups excluding carboxylic acids is 2. The highest BCUT2D eigenvalue weighted by molar-refractivity contribution is 8.01. The average molecular weight is 493 g/mol. The summed E-state index contributed by atoms with van der Waals surface area (Å²) in [5.74, 6) is -0.769. The molecule has 1 heterocycles. The maximum Gasteiger partial charge on any atom is 0.316 e. The van der Waals surface area contributed by atoms with Gasteiger partial charge >= 0.3 is 5.97 Å². The molecular weight excluding hydrogens is 472 g/mol. The molecular formula is C20H20N4O5S3. The number of nitrogens with one attached hydrogen (secondary N) is 1. The van der Waals surface area contributed by atoms with E-state index in [4.69, 9.17) is 0 Å². The Balaban J connectivity index is 1.73. The Morgan fingerprint density at radius 3 is 2.56 bits per heavy atom. The summed E-state index contributed by atoms with van der Waals surface area (Å²) in [6.45, 7) is 1.88. The first-order chi connectivity index (χ1) is 15.2. The van der Waals surface area contributed by atoms with E-state index in [9.17, 15) is 18.0 Å². The number of hydrogen-bond acceptors (Lipinski definition) is 9. The lowest BCUT2D eigenvalue weighted by molar-refractivity contribution is -0.137. The molecule has 0 saturated heterocycles. The Labute approximate surface area is 193 Å². The van der Waals surface area contributed by atoms with Crippen LogP contribution in [0.3, 0.4) is 0 Å². The highest BCUT2D eigenvalue weighted by Gasteiger charge is 2.22. The Hall–Kier alpha value is -2.96. The number of carbonyl (C=O) groups is 2. The molecule has 9 nitrogen and oxygen atoms in total. The standard InChI is InChI=1S/C20H20N4O5S3/c1-13-7-9-16(10-8-13)32(27,28)24(2)15-6-4-5-14(11-15)18(26)21-19-22-23-20(31-19)30-12-17(25)29-3/h4-11H,12H2,1-3H3,(H,21,22,26). The van der Waals surface area contributed by atoms with Crippen LogP contribution >= 0.6 is 23.1 Å². The first kappa shape index (κ1) is 23.7. The maximum atomic E-state index is 12.9. The van der Waals surface area contributed by atoms with Gasteiger partial charge in [-0.15, -0.1) is 10.2 Å². The van der Waals surface area contributed by atoms with Gasteiger partial charge in [-0.2, -0.15) is 0 Å². The zero-order valence-electron chi connectivity index (χ0n) is 17.4. The smallest absolute Gasteiger partial charge is 0.316 e. The van der Waals surface area contributed by atoms with E-state index < -0.39 is 21.9 Å². The summed E-state index contributed by atoms with van der Waals surface area (Å²) in [4.78, 5) is 24.0. The number of anilines is 2. The molecule has 0 bridgehead atoms. The number of ether oxygens (including phenoxy) is 1. The number of aromatic nitrogens is 2. The lowest BCUT2D eigenvalue weighted by atomic mass is 10.2. The number of esters is 1. The summed E-state index contributed by atoms with van der Waals surface area (Å²) in [5.41, 5.74) is 1.55. The first-order valence-corrected chi connectivity index (χ1v) is 12.4. The zero-order valence-corrected chi connectivity index (χ0v) is 19.9. The fourth-order valence-corrected chi connectivity index (χ4v) is 5.28. The molecule has 0 fully saturated rings. The molecule has 0 unspecified atom stereocenters. The summed E-state index contributed by atoms with van der Waals surface area (Å²) in [5, 5.41) is 10.7. The van der Waals surface area contributed by atoms with Crippen LogP contribution in [0.15, 0.2) is 57.8 Å². The van der Waals surface area contributed by atoms with E-state index in [0.29, 0.717) is 10.0 Å². The van der Waals surface area contributed by atoms with E-state index in [1.165, 1.54) is 20.2 Å². The number of amides is 1. The fourth-order valence-electron chi connectivity index (χ4n) is 2.52. The van der Waals surface area contributed by atoms with E-state index in [1.807, 2.05) is 6.92 Å². The Morgan fingerprint density at radius 1 is 1.16 bits per heavy atom. The average Bonchev–Trinajstić information content (AvgIpc) is 3.24. The van der Waals surface area contributed by atoms with Gasteiger partial charge in [-0.1, -0.05) is 46.9 Å². The monoisotopic (exact) mass is 492 g/mol. The first-order valence-electron chi connectivity index (χ1n) is 9.21. The van der Waals surface area contributed by atoms with E-state index in [2.05, 4.69) is 20.3 Å². The molecule has 32 heavy (non-hydrogen) atoms. The zero-order chi connectivity index (χ0) is 23.3. The second kappa shape index (κ2) is 10.1. The molecule has 0 radical (unpaired) electrons. The minimum absolute atomic E-state index is 0.0862. The van der Waals surface area contributed by atoms with Crippen LogP contribution < -0.4 is 9.62 Å². The number of hydrogen-bond donors (Lipinski definition) is 1. The van der Waals surface area contributed by atoms with Crippen LogP contribution in [0.25, 0.3) is 0 Å². The third-order valence-electron chi connectivity index (χ3n) is 4.32. The molecule has 3 aromatic rings. The quantitative estimate of drug-likeness (QED) is 0.289. The van der Waals surface area contributed by atoms with Crippen molar-refractivity contribution < 1.29 is 22.7 Å². The third kappa shape index (κ3) is 5.64. The number of nitrogens with zero attached hydrogens (tertiary/aromatic N) is 3. The summed E-state index contributed by atoms with van der Waals surface area (Å²) in [7, 11) is -1.05. The molecule has 0 aliphatic rings. The van der Waals surface area contributed by atoms with Gasteiger partial charge in [0.05, 0.1) is 23.4 Å². The molecule has 0 aliphatic carbocycles. The molecule has 1 amide bonds. The van der Waals surface area contributed by atoms with Crippen molar-refractivity contribution in [3.63, 3.8) is 0 Å². The van der Waals surface area contributed by atoms with Gasteiger partial charge in [0, 0.05) is 12.6 Å². The predicted octanol–water partition coefficient (Wildman–Crippen LogP) is 3.19. The Kier molecular flexibility index (Phi) is 7.48. The van der Waals surface area contributed by atoms with Crippen LogP contribution in [-0.2, 0) is 19.6 Å². The molecule has 0 saturated carbocycles. The largest absolute Gasteiger partial charge is 0.468 e. The number of aryl methyl sites for hydroxylation is 1. The highest BCUT2D eigenvalue weighted by Crippen LogP contribution is 2.27. The number of methoxy groups -OCH3 is 1. The van der Waals surface area contributed by atoms with E-state index in [0.717, 1.165) is 33.0 Å². The van der Waals surface area contributed by atoms with Gasteiger partial charge in [-0.3, -0.25) is 19.2 Å². The SMILES string of the molecule is COC(=O)CSc1nnc(NC(=O)c2cccc(N(C)S(=O)(=O)c3ccc(C)cc3)c2)s1. The Morgan fingerprint density at radius 2 is 1.88 bits per heavy atom. The van der Waals surface area contributed by atoms with Gasteiger partial charge in [0.25, 0.3) is 15.9 Å². The topological polar surface area (TPSA) is 119 Å². The number of rotatable bonds is 8. The number of benzene rings is 2. The molecule has 0 atom stereocenters. The molecule has 12 heteroatoms. The van der Waals surface area contributed by atoms with Crippen LogP contribution in [0.5, 0.6) is 0 Å². The van der Waals surface area contributed by atoms with Crippen molar-refractivity contribution in [3.8, 4) is 0 Å². The second-order valence-corrected chi connectivity index (χ2v) is 10.7. The fraction of sp³-hybridized carbons (Fsp3) is 0.200. The van der Waals surface area contributed by atoms with Crippen LogP contribution in [0.2, 0.25) is 0 Å². The minimum Gasteiger partial charge on any atom is -0.468 e. The van der Waals surface area contributed by atoms with Crippen molar-refractivity contribution in [2.45, 2.75) is 16.2 Å². The van der Waals surface area contributed by atoms with Gasteiger partial charge < -0.3 is 4.74 Å². The summed E-state index contributed by atoms with van der Waals surface area (Å²) >= 11 is 2.27. The van der Waals surface area contributed by atoms with Gasteiger partial charge in [0.15, 0.2) is 4.34 Å². The predicted molar refractivity (Wildman–Crippen MR) is 124 cm³/mol. The molecule has 168 valence electrons. The van der Waals surface area contributed by atoms with Crippen molar-refractivity contribution in [1.82, 2.24) is 10.2 Å². The third-order valence-corrected chi connectivity index (χ3v) is 8.06. The van der Waals surface area contributed by atoms with Crippen molar-refractivity contribution in [2.24, 2.45) is 0 Å². The van der Waals surface area contributed by atoms with Crippen LogP contribution in [0, 0.1) is 6.92 Å². The molecule has 1 N–H and O–H groups in total. The lowest BCUT2D eigenvalue weighted by Gasteiger charge is -2.20. The van der Waals surface area contributed by atoms with E-state index in [-0.39, 0.29) is 21.3 Å². The van der Waals surface area contributed by atoms with E-state index >= 15 is 0 Å². The summed E-state index contributed by atoms with van der Waals surface area (Å²) in [6.07, 6.45) is 0. The maximum absolute atomic E-state index is 12.9. The van der Waals surface area contributed by atoms with Crippen LogP contribution in [0.4, 0.5) is 10.8 Å². The normalized spacial score (nSPS) is 11.1. The molecule has 1 aromatic heterocycles. The number of thioether (sulfide) groups is 1. The van der Waals surface area contributed by atoms with Crippen LogP contribution in [-0.4, -0.2) is 50.4 Å². The molecule has 0 aliphatic heterocycles. The van der Waals surface area contributed by atoms with Gasteiger partial charge in [0.2, 0.25) is 5.13 Å². The van der Waals surface area contributed by atoms with Crippen molar-refractivity contribution in [1.29, 1.82) is 0 Å². The van der Waals surface area contributed by atoms with E-state index in [1.54, 1.807) is 42.5 Å². The van der Waals surface area contributed by atoms with Crippen molar-refractivity contribution >= 4 is 55.8 Å². The summed E-state index contributed by atoms with van der Waals surface area (Å²) < 4.78 is 32.0. The Bertz CT molecular complexity index is 1230. The summed E-state index contributed by atoms with van der Waals surface area (Å²) in [6, 6.07) is 12.8. The second-order valence-electron chi connectivity index (χ2n) is 6.53. The number of sulfonamides is 1. The van der Waals surface area contributed by atoms with Crippen molar-refractivity contribution in [3.05, 3.63) is 59.7 Å². The minimum atomic E-state index is -3.78. The lowest BCUT2D eigenvalue weighted by Crippen LogP contribution is -2.26. The molecule has 3 rings (SSSR count). The van der Waals surface area contributed by atoms with Crippen LogP contribution in [0.1, 0.15) is 15.9 Å².